The number of rotatable bonds is 5. The van der Waals surface area contributed by atoms with Crippen molar-refractivity contribution >= 4 is 11.7 Å². The number of amides is 2. The molecule has 1 unspecified atom stereocenters. The van der Waals surface area contributed by atoms with Gasteiger partial charge in [0.1, 0.15) is 0 Å². The predicted molar refractivity (Wildman–Crippen MR) is 91.7 cm³/mol. The Morgan fingerprint density at radius 1 is 1.17 bits per heavy atom. The minimum atomic E-state index is -0.340. The number of benzene rings is 2. The van der Waals surface area contributed by atoms with Crippen molar-refractivity contribution in [3.05, 3.63) is 60.4 Å². The number of urea groups is 1. The fourth-order valence-electron chi connectivity index (χ4n) is 2.87. The molecule has 4 nitrogen and oxygen atoms in total. The van der Waals surface area contributed by atoms with E-state index in [1.165, 1.54) is 6.07 Å². The van der Waals surface area contributed by atoms with Gasteiger partial charge in [-0.2, -0.15) is 0 Å². The first-order chi connectivity index (χ1) is 11.7. The number of halogens is 1. The zero-order valence-electron chi connectivity index (χ0n) is 13.5. The van der Waals surface area contributed by atoms with E-state index in [1.54, 1.807) is 18.2 Å². The van der Waals surface area contributed by atoms with Gasteiger partial charge in [0.25, 0.3) is 0 Å². The molecule has 5 heteroatoms. The van der Waals surface area contributed by atoms with Crippen LogP contribution >= 0.6 is 0 Å². The smallest absolute Gasteiger partial charge is 0.321 e. The van der Waals surface area contributed by atoms with Gasteiger partial charge >= 0.3 is 6.03 Å². The average Bonchev–Trinajstić information content (AvgIpc) is 3.07. The molecule has 0 radical (unpaired) electrons. The highest BCUT2D eigenvalue weighted by atomic mass is 19.1. The van der Waals surface area contributed by atoms with E-state index in [0.29, 0.717) is 19.1 Å². The lowest BCUT2D eigenvalue weighted by Gasteiger charge is -2.17. The van der Waals surface area contributed by atoms with E-state index in [9.17, 15) is 9.18 Å². The SMILES string of the molecule is O=C(Nc1ccccc1)N1CCC(CCOc2ccccc2F)C1. The van der Waals surface area contributed by atoms with E-state index in [2.05, 4.69) is 5.32 Å². The molecule has 0 saturated carbocycles. The summed E-state index contributed by atoms with van der Waals surface area (Å²) in [6.45, 7) is 1.90. The van der Waals surface area contributed by atoms with E-state index in [4.69, 9.17) is 4.74 Å². The molecule has 2 amide bonds. The number of hydrogen-bond donors (Lipinski definition) is 1. The van der Waals surface area contributed by atoms with Crippen LogP contribution in [0.4, 0.5) is 14.9 Å². The van der Waals surface area contributed by atoms with E-state index in [0.717, 1.165) is 25.1 Å². The van der Waals surface area contributed by atoms with Gasteiger partial charge in [-0.15, -0.1) is 0 Å². The second kappa shape index (κ2) is 7.81. The Labute approximate surface area is 141 Å². The van der Waals surface area contributed by atoms with Gasteiger partial charge in [0.05, 0.1) is 6.61 Å². The van der Waals surface area contributed by atoms with E-state index < -0.39 is 0 Å². The molecule has 1 N–H and O–H groups in total. The molecule has 1 saturated heterocycles. The van der Waals surface area contributed by atoms with Crippen molar-refractivity contribution in [1.82, 2.24) is 4.90 Å². The number of likely N-dealkylation sites (tertiary alicyclic amines) is 1. The van der Waals surface area contributed by atoms with Gasteiger partial charge in [-0.3, -0.25) is 0 Å². The normalized spacial score (nSPS) is 16.9. The number of carbonyl (C=O) groups excluding carboxylic acids is 1. The van der Waals surface area contributed by atoms with Crippen LogP contribution < -0.4 is 10.1 Å². The van der Waals surface area contributed by atoms with Crippen molar-refractivity contribution in [1.29, 1.82) is 0 Å². The van der Waals surface area contributed by atoms with Gasteiger partial charge < -0.3 is 15.0 Å². The maximum Gasteiger partial charge on any atom is 0.321 e. The fraction of sp³-hybridized carbons (Fsp3) is 0.316. The number of anilines is 1. The summed E-state index contributed by atoms with van der Waals surface area (Å²) >= 11 is 0. The Morgan fingerprint density at radius 2 is 1.92 bits per heavy atom. The van der Waals surface area contributed by atoms with Crippen LogP contribution in [0.2, 0.25) is 0 Å². The number of ether oxygens (including phenoxy) is 1. The van der Waals surface area contributed by atoms with Gasteiger partial charge in [-0.1, -0.05) is 30.3 Å². The molecular weight excluding hydrogens is 307 g/mol. The molecule has 2 aromatic rings. The molecule has 24 heavy (non-hydrogen) atoms. The zero-order valence-corrected chi connectivity index (χ0v) is 13.5. The molecule has 126 valence electrons. The standard InChI is InChI=1S/C19H21FN2O2/c20-17-8-4-5-9-18(17)24-13-11-15-10-12-22(14-15)19(23)21-16-6-2-1-3-7-16/h1-9,15H,10-14H2,(H,21,23). The maximum absolute atomic E-state index is 13.5. The number of nitrogens with zero attached hydrogens (tertiary/aromatic N) is 1. The van der Waals surface area contributed by atoms with Crippen LogP contribution in [0.3, 0.4) is 0 Å². The lowest BCUT2D eigenvalue weighted by Crippen LogP contribution is -2.33. The van der Waals surface area contributed by atoms with Crippen molar-refractivity contribution in [2.24, 2.45) is 5.92 Å². The molecule has 1 aliphatic heterocycles. The van der Waals surface area contributed by atoms with Crippen LogP contribution in [0, 0.1) is 11.7 Å². The summed E-state index contributed by atoms with van der Waals surface area (Å²) in [7, 11) is 0. The summed E-state index contributed by atoms with van der Waals surface area (Å²) in [5.74, 6) is 0.334. The number of para-hydroxylation sites is 2. The van der Waals surface area contributed by atoms with Crippen LogP contribution in [0.25, 0.3) is 0 Å². The van der Waals surface area contributed by atoms with Crippen molar-refractivity contribution in [2.75, 3.05) is 25.0 Å². The zero-order chi connectivity index (χ0) is 16.8. The van der Waals surface area contributed by atoms with Crippen LogP contribution in [-0.4, -0.2) is 30.6 Å². The van der Waals surface area contributed by atoms with Gasteiger partial charge in [-0.25, -0.2) is 9.18 Å². The van der Waals surface area contributed by atoms with Crippen molar-refractivity contribution in [3.63, 3.8) is 0 Å². The third-order valence-corrected chi connectivity index (χ3v) is 4.22. The Balaban J connectivity index is 1.42. The Morgan fingerprint density at radius 3 is 2.71 bits per heavy atom. The third kappa shape index (κ3) is 4.25. The molecule has 1 heterocycles. The highest BCUT2D eigenvalue weighted by Gasteiger charge is 2.26. The summed E-state index contributed by atoms with van der Waals surface area (Å²) < 4.78 is 19.0. The van der Waals surface area contributed by atoms with Crippen molar-refractivity contribution in [2.45, 2.75) is 12.8 Å². The van der Waals surface area contributed by atoms with Gasteiger partial charge in [0.15, 0.2) is 11.6 Å². The first kappa shape index (κ1) is 16.3. The fourth-order valence-corrected chi connectivity index (χ4v) is 2.87. The Bertz CT molecular complexity index is 678. The van der Waals surface area contributed by atoms with E-state index in [-0.39, 0.29) is 17.6 Å². The first-order valence-corrected chi connectivity index (χ1v) is 8.20. The summed E-state index contributed by atoms with van der Waals surface area (Å²) in [5, 5.41) is 2.90. The first-order valence-electron chi connectivity index (χ1n) is 8.20. The van der Waals surface area contributed by atoms with E-state index in [1.807, 2.05) is 35.2 Å². The molecule has 0 aromatic heterocycles. The minimum absolute atomic E-state index is 0.0706. The monoisotopic (exact) mass is 328 g/mol. The summed E-state index contributed by atoms with van der Waals surface area (Å²) in [6.07, 6.45) is 1.76. The largest absolute Gasteiger partial charge is 0.491 e. The predicted octanol–water partition coefficient (Wildman–Crippen LogP) is 4.15. The average molecular weight is 328 g/mol. The minimum Gasteiger partial charge on any atom is -0.491 e. The quantitative estimate of drug-likeness (QED) is 0.896. The topological polar surface area (TPSA) is 41.6 Å². The van der Waals surface area contributed by atoms with Gasteiger partial charge in [0.2, 0.25) is 0 Å². The van der Waals surface area contributed by atoms with Gasteiger partial charge in [-0.05, 0) is 43.0 Å². The highest BCUT2D eigenvalue weighted by Crippen LogP contribution is 2.22. The molecule has 3 rings (SSSR count). The third-order valence-electron chi connectivity index (χ3n) is 4.22. The Kier molecular flexibility index (Phi) is 5.31. The van der Waals surface area contributed by atoms with Gasteiger partial charge in [0, 0.05) is 18.8 Å². The molecule has 0 bridgehead atoms. The van der Waals surface area contributed by atoms with Crippen LogP contribution in [0.5, 0.6) is 5.75 Å². The number of nitrogens with one attached hydrogen (secondary N) is 1. The van der Waals surface area contributed by atoms with E-state index >= 15 is 0 Å². The summed E-state index contributed by atoms with van der Waals surface area (Å²) in [5.41, 5.74) is 0.800. The second-order valence-electron chi connectivity index (χ2n) is 5.96. The summed E-state index contributed by atoms with van der Waals surface area (Å²) in [6, 6.07) is 15.8. The van der Waals surface area contributed by atoms with Crippen molar-refractivity contribution in [3.8, 4) is 5.75 Å². The molecule has 0 spiro atoms. The number of carbonyl (C=O) groups is 1. The second-order valence-corrected chi connectivity index (χ2v) is 5.96. The summed E-state index contributed by atoms with van der Waals surface area (Å²) in [4.78, 5) is 14.1. The molecule has 1 fully saturated rings. The molecule has 2 aromatic carbocycles. The molecule has 1 atom stereocenters. The molecule has 0 aliphatic carbocycles. The molecule has 1 aliphatic rings. The van der Waals surface area contributed by atoms with Crippen molar-refractivity contribution < 1.29 is 13.9 Å². The maximum atomic E-state index is 13.5. The van der Waals surface area contributed by atoms with Crippen LogP contribution in [0.1, 0.15) is 12.8 Å². The Hall–Kier alpha value is -2.56. The molecular formula is C19H21FN2O2. The van der Waals surface area contributed by atoms with Crippen LogP contribution in [-0.2, 0) is 0 Å². The lowest BCUT2D eigenvalue weighted by atomic mass is 10.1. The lowest BCUT2D eigenvalue weighted by molar-refractivity contribution is 0.218. The number of hydrogen-bond acceptors (Lipinski definition) is 2. The highest BCUT2D eigenvalue weighted by molar-refractivity contribution is 5.89. The van der Waals surface area contributed by atoms with Crippen LogP contribution in [0.15, 0.2) is 54.6 Å².